The number of hydrogen-bond donors (Lipinski definition) is 1. The average molecular weight is 406 g/mol. The molecule has 2 unspecified atom stereocenters. The van der Waals surface area contributed by atoms with E-state index in [1.165, 1.54) is 0 Å². The van der Waals surface area contributed by atoms with Crippen molar-refractivity contribution in [1.29, 1.82) is 5.26 Å². The molecule has 1 N–H and O–H groups in total. The lowest BCUT2D eigenvalue weighted by atomic mass is 9.77. The summed E-state index contributed by atoms with van der Waals surface area (Å²) in [4.78, 5) is 26.4. The molecule has 1 aliphatic carbocycles. The highest BCUT2D eigenvalue weighted by molar-refractivity contribution is 5.99. The van der Waals surface area contributed by atoms with Crippen molar-refractivity contribution in [3.05, 3.63) is 11.3 Å². The SMILES string of the molecule is CN1C(=O)C(C#N)=C(N2CCN(F)CC2)C2CCCCC21.O=CC1CCNCC1. The van der Waals surface area contributed by atoms with Crippen molar-refractivity contribution in [3.8, 4) is 6.07 Å². The molecule has 0 radical (unpaired) electrons. The van der Waals surface area contributed by atoms with Gasteiger partial charge in [0.15, 0.2) is 0 Å². The van der Waals surface area contributed by atoms with E-state index in [1.54, 1.807) is 11.9 Å². The number of amides is 1. The average Bonchev–Trinajstić information content (AvgIpc) is 2.78. The molecule has 3 fully saturated rings. The van der Waals surface area contributed by atoms with Crippen LogP contribution in [0.2, 0.25) is 0 Å². The van der Waals surface area contributed by atoms with Crippen LogP contribution in [-0.4, -0.2) is 79.5 Å². The lowest BCUT2D eigenvalue weighted by molar-refractivity contribution is -0.131. The Hall–Kier alpha value is -1.98. The first-order valence-electron chi connectivity index (χ1n) is 10.8. The third-order valence-electron chi connectivity index (χ3n) is 6.62. The van der Waals surface area contributed by atoms with Crippen LogP contribution >= 0.6 is 0 Å². The Kier molecular flexibility index (Phi) is 7.62. The Balaban J connectivity index is 0.000000252. The standard InChI is InChI=1S/C15H21FN4O.C6H11NO/c1-18-13-5-3-2-4-11(13)14(12(10-17)15(18)21)19-6-8-20(16)9-7-19;8-5-6-1-3-7-4-2-6/h11,13H,2-9H2,1H3;5-7H,1-4H2. The van der Waals surface area contributed by atoms with E-state index in [4.69, 9.17) is 0 Å². The summed E-state index contributed by atoms with van der Waals surface area (Å²) in [7, 11) is 1.80. The van der Waals surface area contributed by atoms with Gasteiger partial charge in [0, 0.05) is 56.8 Å². The molecule has 4 aliphatic rings. The number of fused-ring (bicyclic) bond motifs is 1. The second kappa shape index (κ2) is 10.2. The highest BCUT2D eigenvalue weighted by atomic mass is 19.2. The Morgan fingerprint density at radius 2 is 1.76 bits per heavy atom. The second-order valence-electron chi connectivity index (χ2n) is 8.37. The number of nitriles is 1. The third kappa shape index (κ3) is 4.96. The molecule has 2 atom stereocenters. The van der Waals surface area contributed by atoms with Gasteiger partial charge in [-0.05, 0) is 38.8 Å². The normalized spacial score (nSPS) is 28.9. The molecular weight excluding hydrogens is 373 g/mol. The zero-order valence-corrected chi connectivity index (χ0v) is 17.3. The van der Waals surface area contributed by atoms with Gasteiger partial charge < -0.3 is 19.9 Å². The molecular formula is C21H32FN5O2. The molecule has 0 bridgehead atoms. The lowest BCUT2D eigenvalue weighted by Crippen LogP contribution is -2.54. The van der Waals surface area contributed by atoms with Crippen molar-refractivity contribution in [2.24, 2.45) is 11.8 Å². The number of aldehydes is 1. The van der Waals surface area contributed by atoms with E-state index < -0.39 is 0 Å². The molecule has 0 aromatic rings. The van der Waals surface area contributed by atoms with E-state index in [1.807, 2.05) is 0 Å². The van der Waals surface area contributed by atoms with E-state index in [0.29, 0.717) is 32.1 Å². The monoisotopic (exact) mass is 405 g/mol. The Morgan fingerprint density at radius 1 is 1.10 bits per heavy atom. The summed E-state index contributed by atoms with van der Waals surface area (Å²) in [6.45, 7) is 3.81. The van der Waals surface area contributed by atoms with Crippen LogP contribution in [0.4, 0.5) is 4.48 Å². The molecule has 1 saturated carbocycles. The number of piperidine rings is 1. The molecule has 0 aromatic carbocycles. The van der Waals surface area contributed by atoms with Crippen LogP contribution in [0, 0.1) is 23.2 Å². The summed E-state index contributed by atoms with van der Waals surface area (Å²) < 4.78 is 13.2. The first-order valence-corrected chi connectivity index (χ1v) is 10.8. The minimum atomic E-state index is -0.168. The number of nitrogens with one attached hydrogen (secondary N) is 1. The first kappa shape index (κ1) is 21.7. The van der Waals surface area contributed by atoms with E-state index in [2.05, 4.69) is 16.3 Å². The number of nitrogens with zero attached hydrogens (tertiary/aromatic N) is 4. The summed E-state index contributed by atoms with van der Waals surface area (Å²) in [6, 6.07) is 2.31. The molecule has 29 heavy (non-hydrogen) atoms. The molecule has 160 valence electrons. The maximum atomic E-state index is 13.2. The number of piperazine rings is 1. The smallest absolute Gasteiger partial charge is 0.266 e. The Labute approximate surface area is 172 Å². The highest BCUT2D eigenvalue weighted by Crippen LogP contribution is 2.40. The number of carbonyl (C=O) groups excluding carboxylic acids is 2. The fraction of sp³-hybridized carbons (Fsp3) is 0.762. The molecule has 7 nitrogen and oxygen atoms in total. The van der Waals surface area contributed by atoms with Crippen molar-refractivity contribution in [3.63, 3.8) is 0 Å². The molecule has 2 saturated heterocycles. The van der Waals surface area contributed by atoms with Crippen molar-refractivity contribution >= 4 is 12.2 Å². The summed E-state index contributed by atoms with van der Waals surface area (Å²) in [5.74, 6) is 0.414. The maximum Gasteiger partial charge on any atom is 0.266 e. The van der Waals surface area contributed by atoms with Crippen molar-refractivity contribution in [2.45, 2.75) is 44.6 Å². The van der Waals surface area contributed by atoms with Gasteiger partial charge in [-0.15, -0.1) is 9.60 Å². The zero-order chi connectivity index (χ0) is 20.8. The Morgan fingerprint density at radius 3 is 2.34 bits per heavy atom. The lowest BCUT2D eigenvalue weighted by Gasteiger charge is -2.47. The first-order chi connectivity index (χ1) is 14.1. The molecule has 8 heteroatoms. The fourth-order valence-corrected chi connectivity index (χ4v) is 4.92. The summed E-state index contributed by atoms with van der Waals surface area (Å²) in [5.41, 5.74) is 1.16. The van der Waals surface area contributed by atoms with Gasteiger partial charge >= 0.3 is 0 Å². The number of halogens is 1. The van der Waals surface area contributed by atoms with Crippen LogP contribution < -0.4 is 5.32 Å². The van der Waals surface area contributed by atoms with Crippen LogP contribution in [0.15, 0.2) is 11.3 Å². The van der Waals surface area contributed by atoms with Crippen molar-refractivity contribution in [2.75, 3.05) is 46.3 Å². The van der Waals surface area contributed by atoms with Gasteiger partial charge in [0.25, 0.3) is 5.91 Å². The number of rotatable bonds is 2. The van der Waals surface area contributed by atoms with E-state index in [-0.39, 0.29) is 23.4 Å². The second-order valence-corrected chi connectivity index (χ2v) is 8.37. The van der Waals surface area contributed by atoms with Crippen LogP contribution in [0.1, 0.15) is 38.5 Å². The molecule has 0 aromatic heterocycles. The van der Waals surface area contributed by atoms with Crippen LogP contribution in [0.25, 0.3) is 0 Å². The quantitative estimate of drug-likeness (QED) is 0.554. The zero-order valence-electron chi connectivity index (χ0n) is 17.3. The molecule has 4 rings (SSSR count). The van der Waals surface area contributed by atoms with E-state index in [9.17, 15) is 19.3 Å². The molecule has 3 aliphatic heterocycles. The number of likely N-dealkylation sites (N-methyl/N-ethyl adjacent to an activating group) is 1. The van der Waals surface area contributed by atoms with Gasteiger partial charge in [0.05, 0.1) is 0 Å². The maximum absolute atomic E-state index is 13.2. The molecule has 1 amide bonds. The van der Waals surface area contributed by atoms with E-state index >= 15 is 0 Å². The number of carbonyl (C=O) groups is 2. The van der Waals surface area contributed by atoms with Crippen LogP contribution in [0.3, 0.4) is 0 Å². The summed E-state index contributed by atoms with van der Waals surface area (Å²) in [6.07, 6.45) is 7.41. The minimum absolute atomic E-state index is 0.168. The third-order valence-corrected chi connectivity index (χ3v) is 6.62. The van der Waals surface area contributed by atoms with Gasteiger partial charge in [0.2, 0.25) is 0 Å². The predicted molar refractivity (Wildman–Crippen MR) is 107 cm³/mol. The number of hydrogen-bond acceptors (Lipinski definition) is 6. The van der Waals surface area contributed by atoms with Crippen molar-refractivity contribution < 1.29 is 14.1 Å². The molecule has 3 heterocycles. The highest BCUT2D eigenvalue weighted by Gasteiger charge is 2.43. The van der Waals surface area contributed by atoms with Gasteiger partial charge in [-0.2, -0.15) is 5.26 Å². The fourth-order valence-electron chi connectivity index (χ4n) is 4.92. The topological polar surface area (TPSA) is 79.7 Å². The summed E-state index contributed by atoms with van der Waals surface area (Å²) >= 11 is 0. The largest absolute Gasteiger partial charge is 0.371 e. The van der Waals surface area contributed by atoms with Gasteiger partial charge in [-0.1, -0.05) is 12.8 Å². The van der Waals surface area contributed by atoms with Gasteiger partial charge in [0.1, 0.15) is 17.9 Å². The predicted octanol–water partition coefficient (Wildman–Crippen LogP) is 1.48. The van der Waals surface area contributed by atoms with Gasteiger partial charge in [-0.25, -0.2) is 0 Å². The Bertz CT molecular complexity index is 662. The van der Waals surface area contributed by atoms with Crippen molar-refractivity contribution in [1.82, 2.24) is 20.2 Å². The van der Waals surface area contributed by atoms with Crippen LogP contribution in [-0.2, 0) is 9.59 Å². The van der Waals surface area contributed by atoms with E-state index in [0.717, 1.165) is 68.7 Å². The summed E-state index contributed by atoms with van der Waals surface area (Å²) in [5, 5.41) is 13.4. The van der Waals surface area contributed by atoms with Crippen LogP contribution in [0.5, 0.6) is 0 Å². The molecule has 0 spiro atoms. The van der Waals surface area contributed by atoms with Gasteiger partial charge in [-0.3, -0.25) is 4.79 Å². The minimum Gasteiger partial charge on any atom is -0.371 e.